The molecule has 1 aromatic carbocycles. The molecule has 1 N–H and O–H groups in total. The lowest BCUT2D eigenvalue weighted by atomic mass is 10.0. The van der Waals surface area contributed by atoms with Gasteiger partial charge in [0.1, 0.15) is 6.54 Å². The summed E-state index contributed by atoms with van der Waals surface area (Å²) in [6.07, 6.45) is 7.81. The SMILES string of the molecule is O=C(CN1N=C(c2ccc(Cl)cc2)CCC1=O)NC1CCCCCC1. The van der Waals surface area contributed by atoms with Crippen molar-refractivity contribution in [1.29, 1.82) is 0 Å². The minimum absolute atomic E-state index is 0.00752. The minimum Gasteiger partial charge on any atom is -0.352 e. The van der Waals surface area contributed by atoms with Crippen LogP contribution in [0.1, 0.15) is 56.9 Å². The average molecular weight is 362 g/mol. The van der Waals surface area contributed by atoms with Crippen LogP contribution in [-0.4, -0.2) is 35.1 Å². The van der Waals surface area contributed by atoms with Crippen molar-refractivity contribution < 1.29 is 9.59 Å². The molecule has 0 radical (unpaired) electrons. The molecular formula is C19H24ClN3O2. The van der Waals surface area contributed by atoms with Crippen molar-refractivity contribution in [3.05, 3.63) is 34.9 Å². The third kappa shape index (κ3) is 5.05. The van der Waals surface area contributed by atoms with Crippen molar-refractivity contribution in [2.75, 3.05) is 6.54 Å². The Hall–Kier alpha value is -1.88. The van der Waals surface area contributed by atoms with Gasteiger partial charge in [-0.25, -0.2) is 5.01 Å². The zero-order chi connectivity index (χ0) is 17.6. The number of carbonyl (C=O) groups excluding carboxylic acids is 2. The highest BCUT2D eigenvalue weighted by molar-refractivity contribution is 6.30. The molecule has 1 aromatic rings. The van der Waals surface area contributed by atoms with Gasteiger partial charge in [-0.15, -0.1) is 0 Å². The van der Waals surface area contributed by atoms with E-state index in [4.69, 9.17) is 11.6 Å². The molecule has 1 saturated carbocycles. The predicted octanol–water partition coefficient (Wildman–Crippen LogP) is 3.51. The average Bonchev–Trinajstić information content (AvgIpc) is 2.86. The quantitative estimate of drug-likeness (QED) is 0.834. The topological polar surface area (TPSA) is 61.8 Å². The minimum atomic E-state index is -0.124. The number of hydrogen-bond donors (Lipinski definition) is 1. The molecule has 6 heteroatoms. The van der Waals surface area contributed by atoms with Gasteiger partial charge in [-0.3, -0.25) is 9.59 Å². The van der Waals surface area contributed by atoms with Gasteiger partial charge in [0, 0.05) is 23.9 Å². The third-order valence-corrected chi connectivity index (χ3v) is 5.05. The maximum atomic E-state index is 12.3. The fourth-order valence-electron chi connectivity index (χ4n) is 3.41. The highest BCUT2D eigenvalue weighted by Crippen LogP contribution is 2.19. The van der Waals surface area contributed by atoms with Gasteiger partial charge in [0.15, 0.2) is 0 Å². The first-order valence-electron chi connectivity index (χ1n) is 9.05. The fourth-order valence-corrected chi connectivity index (χ4v) is 3.53. The van der Waals surface area contributed by atoms with Gasteiger partial charge in [0.25, 0.3) is 0 Å². The molecule has 1 aliphatic carbocycles. The summed E-state index contributed by atoms with van der Waals surface area (Å²) in [6.45, 7) is -0.00752. The van der Waals surface area contributed by atoms with E-state index in [0.717, 1.165) is 37.0 Å². The van der Waals surface area contributed by atoms with Gasteiger partial charge in [-0.1, -0.05) is 49.4 Å². The second-order valence-electron chi connectivity index (χ2n) is 6.76. The second kappa shape index (κ2) is 8.48. The van der Waals surface area contributed by atoms with Crippen LogP contribution in [0.25, 0.3) is 0 Å². The normalized spacial score (nSPS) is 19.3. The summed E-state index contributed by atoms with van der Waals surface area (Å²) in [7, 11) is 0. The molecule has 0 saturated heterocycles. The highest BCUT2D eigenvalue weighted by atomic mass is 35.5. The molecule has 1 heterocycles. The molecule has 25 heavy (non-hydrogen) atoms. The summed E-state index contributed by atoms with van der Waals surface area (Å²) in [5.41, 5.74) is 1.75. The Kier molecular flexibility index (Phi) is 6.08. The molecule has 0 aromatic heterocycles. The Labute approximate surface area is 153 Å². The Morgan fingerprint density at radius 3 is 2.48 bits per heavy atom. The van der Waals surface area contributed by atoms with Gasteiger partial charge in [0.05, 0.1) is 5.71 Å². The number of hydrogen-bond acceptors (Lipinski definition) is 3. The summed E-state index contributed by atoms with van der Waals surface area (Å²) in [5, 5.41) is 9.45. The van der Waals surface area contributed by atoms with Gasteiger partial charge in [0.2, 0.25) is 11.8 Å². The number of amides is 2. The number of halogens is 1. The van der Waals surface area contributed by atoms with Crippen molar-refractivity contribution in [3.8, 4) is 0 Å². The summed E-state index contributed by atoms with van der Waals surface area (Å²) < 4.78 is 0. The number of hydrazone groups is 1. The van der Waals surface area contributed by atoms with E-state index >= 15 is 0 Å². The molecule has 0 bridgehead atoms. The first kappa shape index (κ1) is 17.9. The molecule has 0 atom stereocenters. The van der Waals surface area contributed by atoms with E-state index in [9.17, 15) is 9.59 Å². The van der Waals surface area contributed by atoms with Crippen LogP contribution in [0, 0.1) is 0 Å². The van der Waals surface area contributed by atoms with Crippen LogP contribution >= 0.6 is 11.6 Å². The van der Waals surface area contributed by atoms with Crippen molar-refractivity contribution in [1.82, 2.24) is 10.3 Å². The third-order valence-electron chi connectivity index (χ3n) is 4.80. The highest BCUT2D eigenvalue weighted by Gasteiger charge is 2.24. The molecule has 2 aliphatic rings. The summed E-state index contributed by atoms with van der Waals surface area (Å²) in [5.74, 6) is -0.227. The van der Waals surface area contributed by atoms with Gasteiger partial charge >= 0.3 is 0 Å². The molecule has 1 fully saturated rings. The molecule has 0 unspecified atom stereocenters. The molecule has 2 amide bonds. The largest absolute Gasteiger partial charge is 0.352 e. The van der Waals surface area contributed by atoms with E-state index in [0.29, 0.717) is 17.9 Å². The molecule has 0 spiro atoms. The number of nitrogens with zero attached hydrogens (tertiary/aromatic N) is 2. The van der Waals surface area contributed by atoms with Crippen LogP contribution in [0.2, 0.25) is 5.02 Å². The maximum Gasteiger partial charge on any atom is 0.243 e. The lowest BCUT2D eigenvalue weighted by molar-refractivity contribution is -0.136. The Bertz CT molecular complexity index is 649. The van der Waals surface area contributed by atoms with Crippen molar-refractivity contribution >= 4 is 29.1 Å². The zero-order valence-electron chi connectivity index (χ0n) is 14.3. The number of nitrogens with one attached hydrogen (secondary N) is 1. The van der Waals surface area contributed by atoms with E-state index < -0.39 is 0 Å². The molecule has 5 nitrogen and oxygen atoms in total. The first-order valence-corrected chi connectivity index (χ1v) is 9.43. The van der Waals surface area contributed by atoms with E-state index in [1.54, 1.807) is 12.1 Å². The standard InChI is InChI=1S/C19H24ClN3O2/c20-15-9-7-14(8-10-15)17-11-12-19(25)23(22-17)13-18(24)21-16-5-3-1-2-4-6-16/h7-10,16H,1-6,11-13H2,(H,21,24). The maximum absolute atomic E-state index is 12.3. The number of benzene rings is 1. The molecule has 134 valence electrons. The van der Waals surface area contributed by atoms with Crippen LogP contribution in [0.3, 0.4) is 0 Å². The summed E-state index contributed by atoms with van der Waals surface area (Å²) >= 11 is 5.92. The number of carbonyl (C=O) groups is 2. The predicted molar refractivity (Wildman–Crippen MR) is 98.6 cm³/mol. The van der Waals surface area contributed by atoms with Gasteiger partial charge < -0.3 is 5.32 Å². The Morgan fingerprint density at radius 2 is 1.80 bits per heavy atom. The van der Waals surface area contributed by atoms with E-state index in [-0.39, 0.29) is 24.4 Å². The zero-order valence-corrected chi connectivity index (χ0v) is 15.1. The van der Waals surface area contributed by atoms with E-state index in [1.807, 2.05) is 12.1 Å². The second-order valence-corrected chi connectivity index (χ2v) is 7.20. The van der Waals surface area contributed by atoms with Crippen LogP contribution in [-0.2, 0) is 9.59 Å². The Morgan fingerprint density at radius 1 is 1.12 bits per heavy atom. The lowest BCUT2D eigenvalue weighted by Gasteiger charge is -2.24. The van der Waals surface area contributed by atoms with E-state index in [2.05, 4.69) is 10.4 Å². The van der Waals surface area contributed by atoms with Crippen LogP contribution in [0.4, 0.5) is 0 Å². The van der Waals surface area contributed by atoms with E-state index in [1.165, 1.54) is 17.9 Å². The fraction of sp³-hybridized carbons (Fsp3) is 0.526. The van der Waals surface area contributed by atoms with Crippen molar-refractivity contribution in [2.24, 2.45) is 5.10 Å². The molecule has 3 rings (SSSR count). The number of rotatable bonds is 4. The van der Waals surface area contributed by atoms with Gasteiger partial charge in [-0.05, 0) is 30.5 Å². The smallest absolute Gasteiger partial charge is 0.243 e. The van der Waals surface area contributed by atoms with Gasteiger partial charge in [-0.2, -0.15) is 5.10 Å². The lowest BCUT2D eigenvalue weighted by Crippen LogP contribution is -2.43. The molecular weight excluding hydrogens is 338 g/mol. The van der Waals surface area contributed by atoms with Crippen molar-refractivity contribution in [2.45, 2.75) is 57.4 Å². The summed E-state index contributed by atoms with van der Waals surface area (Å²) in [4.78, 5) is 24.5. The first-order chi connectivity index (χ1) is 12.1. The van der Waals surface area contributed by atoms with Crippen LogP contribution in [0.5, 0.6) is 0 Å². The summed E-state index contributed by atoms with van der Waals surface area (Å²) in [6, 6.07) is 7.62. The Balaban J connectivity index is 1.63. The van der Waals surface area contributed by atoms with Crippen molar-refractivity contribution in [3.63, 3.8) is 0 Å². The van der Waals surface area contributed by atoms with Crippen LogP contribution < -0.4 is 5.32 Å². The van der Waals surface area contributed by atoms with Crippen LogP contribution in [0.15, 0.2) is 29.4 Å². The monoisotopic (exact) mass is 361 g/mol. The molecule has 1 aliphatic heterocycles.